The summed E-state index contributed by atoms with van der Waals surface area (Å²) in [6.07, 6.45) is -1.17. The number of aliphatic hydroxyl groups is 2. The van der Waals surface area contributed by atoms with Gasteiger partial charge in [-0.15, -0.1) is 0 Å². The first-order valence-corrected chi connectivity index (χ1v) is 19.3. The normalized spacial score (nSPS) is 17.7. The molecule has 328 valence electrons. The van der Waals surface area contributed by atoms with Gasteiger partial charge in [-0.1, -0.05) is 50.6 Å². The number of aliphatic imine (C=N–C) groups is 1. The maximum absolute atomic E-state index is 13.8. The van der Waals surface area contributed by atoms with E-state index in [4.69, 9.17) is 22.9 Å². The quantitative estimate of drug-likeness (QED) is 0.0265. The number of hydrogen-bond acceptors (Lipinski definition) is 12. The third-order valence-corrected chi connectivity index (χ3v) is 9.72. The van der Waals surface area contributed by atoms with Crippen LogP contribution in [-0.4, -0.2) is 142 Å². The van der Waals surface area contributed by atoms with Crippen molar-refractivity contribution in [3.63, 3.8) is 0 Å². The number of guanidine groups is 1. The zero-order chi connectivity index (χ0) is 44.4. The molecule has 22 heteroatoms. The van der Waals surface area contributed by atoms with Gasteiger partial charge in [0.2, 0.25) is 41.4 Å². The molecule has 7 amide bonds. The molecule has 0 unspecified atom stereocenters. The number of carbonyl (C=O) groups is 8. The van der Waals surface area contributed by atoms with Gasteiger partial charge in [0.1, 0.15) is 36.3 Å². The molecule has 9 atom stereocenters. The van der Waals surface area contributed by atoms with Crippen LogP contribution in [0.25, 0.3) is 0 Å². The molecule has 0 saturated carbocycles. The number of nitrogens with two attached hydrogens (primary N) is 4. The zero-order valence-corrected chi connectivity index (χ0v) is 33.5. The minimum absolute atomic E-state index is 0.0378. The molecule has 1 aromatic rings. The standard InChI is InChI=1S/C37H59N11O11/c1-4-19(2)28(46-30(52)22(38)17-27(39)51)33(55)45-25(18-49)35(57)48-15-9-13-26(48)32(54)43-23(12-8-14-42-37(40)41)31(53)47-29(20(3)50)34(56)44-24(36(58)59)16-21-10-6-5-7-11-21/h5-7,10-11,19-20,22-26,28-29,49-50H,4,8-9,12-18,38H2,1-3H3,(H2,39,51)(H,43,54)(H,44,56)(H,45,55)(H,46,52)(H,47,53)(H,58,59)(H4,40,41,42)/t19-,20+,22-,23-,24-,25-,26-,28-,29-/m0/s1. The number of primary amides is 1. The van der Waals surface area contributed by atoms with Gasteiger partial charge in [-0.05, 0) is 44.1 Å². The first kappa shape index (κ1) is 49.3. The Kier molecular flexibility index (Phi) is 20.2. The molecule has 0 aliphatic carbocycles. The SMILES string of the molecule is CC[C@H](C)[C@H](NC(=O)[C@@H](N)CC(N)=O)C(=O)N[C@@H](CO)C(=O)N1CCC[C@H]1C(=O)N[C@@H](CCCN=C(N)N)C(=O)N[C@H](C(=O)N[C@@H](Cc1ccccc1)C(=O)O)[C@@H](C)O. The average Bonchev–Trinajstić information content (AvgIpc) is 3.68. The van der Waals surface area contributed by atoms with Gasteiger partial charge in [0.15, 0.2) is 5.96 Å². The highest BCUT2D eigenvalue weighted by Crippen LogP contribution is 2.20. The van der Waals surface area contributed by atoms with E-state index in [0.717, 1.165) is 4.90 Å². The van der Waals surface area contributed by atoms with Crippen LogP contribution >= 0.6 is 0 Å². The van der Waals surface area contributed by atoms with Crippen LogP contribution in [0.15, 0.2) is 35.3 Å². The summed E-state index contributed by atoms with van der Waals surface area (Å²) in [5.74, 6) is -8.12. The molecule has 1 heterocycles. The molecule has 1 aliphatic heterocycles. The number of rotatable bonds is 24. The summed E-state index contributed by atoms with van der Waals surface area (Å²) in [6.45, 7) is 3.81. The number of nitrogens with one attached hydrogen (secondary N) is 5. The van der Waals surface area contributed by atoms with Gasteiger partial charge >= 0.3 is 5.97 Å². The smallest absolute Gasteiger partial charge is 0.326 e. The van der Waals surface area contributed by atoms with E-state index in [0.29, 0.717) is 18.4 Å². The summed E-state index contributed by atoms with van der Waals surface area (Å²) < 4.78 is 0. The Bertz CT molecular complexity index is 1660. The lowest BCUT2D eigenvalue weighted by Gasteiger charge is -2.31. The number of nitrogens with zero attached hydrogens (tertiary/aromatic N) is 2. The van der Waals surface area contributed by atoms with Gasteiger partial charge in [-0.2, -0.15) is 0 Å². The van der Waals surface area contributed by atoms with Crippen LogP contribution in [0.1, 0.15) is 64.9 Å². The van der Waals surface area contributed by atoms with Crippen LogP contribution in [0.4, 0.5) is 0 Å². The Labute approximate surface area is 341 Å². The Balaban J connectivity index is 2.26. The van der Waals surface area contributed by atoms with Crippen LogP contribution in [0.2, 0.25) is 0 Å². The summed E-state index contributed by atoms with van der Waals surface area (Å²) in [6, 6.07) is -1.27. The van der Waals surface area contributed by atoms with Crippen molar-refractivity contribution in [2.24, 2.45) is 33.8 Å². The average molecular weight is 834 g/mol. The Hall–Kier alpha value is -5.87. The van der Waals surface area contributed by atoms with Crippen molar-refractivity contribution in [2.45, 2.75) is 114 Å². The molecule has 59 heavy (non-hydrogen) atoms. The number of hydrogen-bond donors (Lipinski definition) is 12. The van der Waals surface area contributed by atoms with E-state index >= 15 is 0 Å². The van der Waals surface area contributed by atoms with Crippen molar-refractivity contribution in [1.29, 1.82) is 0 Å². The van der Waals surface area contributed by atoms with Gasteiger partial charge in [0.05, 0.1) is 25.2 Å². The van der Waals surface area contributed by atoms with Crippen molar-refractivity contribution in [3.05, 3.63) is 35.9 Å². The topological polar surface area (TPSA) is 377 Å². The second-order valence-corrected chi connectivity index (χ2v) is 14.4. The summed E-state index contributed by atoms with van der Waals surface area (Å²) in [5.41, 5.74) is 22.3. The van der Waals surface area contributed by atoms with E-state index in [9.17, 15) is 53.7 Å². The Morgan fingerprint density at radius 3 is 2.02 bits per heavy atom. The number of carboxylic acids is 1. The number of carboxylic acid groups (broad SMARTS) is 1. The monoisotopic (exact) mass is 833 g/mol. The third-order valence-electron chi connectivity index (χ3n) is 9.72. The molecule has 1 aliphatic rings. The maximum Gasteiger partial charge on any atom is 0.326 e. The number of benzene rings is 1. The van der Waals surface area contributed by atoms with Crippen molar-refractivity contribution in [2.75, 3.05) is 19.7 Å². The molecule has 1 fully saturated rings. The van der Waals surface area contributed by atoms with Gasteiger partial charge in [0.25, 0.3) is 0 Å². The lowest BCUT2D eigenvalue weighted by atomic mass is 9.97. The molecule has 16 N–H and O–H groups in total. The number of carbonyl (C=O) groups excluding carboxylic acids is 7. The highest BCUT2D eigenvalue weighted by atomic mass is 16.4. The van der Waals surface area contributed by atoms with Crippen molar-refractivity contribution >= 4 is 53.3 Å². The van der Waals surface area contributed by atoms with E-state index in [1.165, 1.54) is 6.92 Å². The van der Waals surface area contributed by atoms with E-state index < -0.39 is 115 Å². The lowest BCUT2D eigenvalue weighted by Crippen LogP contribution is -2.61. The largest absolute Gasteiger partial charge is 0.480 e. The number of aliphatic carboxylic acids is 1. The molecule has 22 nitrogen and oxygen atoms in total. The Morgan fingerprint density at radius 2 is 1.46 bits per heavy atom. The molecule has 0 aromatic heterocycles. The fraction of sp³-hybridized carbons (Fsp3) is 0.595. The number of likely N-dealkylation sites (tertiary alicyclic amines) is 1. The third kappa shape index (κ3) is 15.8. The molecule has 0 radical (unpaired) electrons. The van der Waals surface area contributed by atoms with Gasteiger partial charge in [0, 0.05) is 19.5 Å². The van der Waals surface area contributed by atoms with Crippen molar-refractivity contribution < 1.29 is 53.7 Å². The van der Waals surface area contributed by atoms with Crippen LogP contribution in [0.5, 0.6) is 0 Å². The van der Waals surface area contributed by atoms with Crippen LogP contribution in [0.3, 0.4) is 0 Å². The molecular weight excluding hydrogens is 774 g/mol. The predicted molar refractivity (Wildman–Crippen MR) is 212 cm³/mol. The van der Waals surface area contributed by atoms with Crippen molar-refractivity contribution in [1.82, 2.24) is 31.5 Å². The summed E-state index contributed by atoms with van der Waals surface area (Å²) in [4.78, 5) is 109. The fourth-order valence-corrected chi connectivity index (χ4v) is 6.23. The molecule has 2 rings (SSSR count). The molecule has 0 spiro atoms. The van der Waals surface area contributed by atoms with E-state index in [1.807, 2.05) is 0 Å². The highest BCUT2D eigenvalue weighted by molar-refractivity contribution is 5.98. The molecule has 0 bridgehead atoms. The minimum atomic E-state index is -1.65. The fourth-order valence-electron chi connectivity index (χ4n) is 6.23. The lowest BCUT2D eigenvalue weighted by molar-refractivity contribution is -0.144. The second-order valence-electron chi connectivity index (χ2n) is 14.4. The highest BCUT2D eigenvalue weighted by Gasteiger charge is 2.40. The molecule has 1 aromatic carbocycles. The number of amides is 7. The predicted octanol–water partition coefficient (Wildman–Crippen LogP) is -4.60. The van der Waals surface area contributed by atoms with Crippen LogP contribution < -0.4 is 49.5 Å². The minimum Gasteiger partial charge on any atom is -0.480 e. The van der Waals surface area contributed by atoms with Crippen LogP contribution in [0, 0.1) is 5.92 Å². The molecule has 1 saturated heterocycles. The van der Waals surface area contributed by atoms with Gasteiger partial charge < -0.3 is 69.7 Å². The maximum atomic E-state index is 13.8. The zero-order valence-electron chi connectivity index (χ0n) is 33.5. The summed E-state index contributed by atoms with van der Waals surface area (Å²) in [7, 11) is 0. The summed E-state index contributed by atoms with van der Waals surface area (Å²) in [5, 5.41) is 42.7. The molecular formula is C37H59N11O11. The van der Waals surface area contributed by atoms with E-state index in [-0.39, 0.29) is 44.7 Å². The second kappa shape index (κ2) is 24.1. The first-order chi connectivity index (χ1) is 27.8. The van der Waals surface area contributed by atoms with E-state index in [2.05, 4.69) is 31.6 Å². The summed E-state index contributed by atoms with van der Waals surface area (Å²) >= 11 is 0. The van der Waals surface area contributed by atoms with Gasteiger partial charge in [-0.25, -0.2) is 4.79 Å². The van der Waals surface area contributed by atoms with Crippen molar-refractivity contribution in [3.8, 4) is 0 Å². The first-order valence-electron chi connectivity index (χ1n) is 19.3. The van der Waals surface area contributed by atoms with Crippen LogP contribution in [-0.2, 0) is 44.8 Å². The number of aliphatic hydroxyl groups excluding tert-OH is 2. The van der Waals surface area contributed by atoms with Gasteiger partial charge in [-0.3, -0.25) is 38.6 Å². The Morgan fingerprint density at radius 1 is 0.847 bits per heavy atom. The van der Waals surface area contributed by atoms with E-state index in [1.54, 1.807) is 44.2 Å².